The molecule has 6 rings (SSSR count). The maximum Gasteiger partial charge on any atom is 0.311 e. The maximum atomic E-state index is 12.9. The number of imide groups is 1. The molecule has 1 aromatic carbocycles. The molecular weight excluding hydrogens is 306 g/mol. The van der Waals surface area contributed by atoms with Gasteiger partial charge in [-0.05, 0) is 62.0 Å². The lowest BCUT2D eigenvalue weighted by Gasteiger charge is -2.60. The van der Waals surface area contributed by atoms with Gasteiger partial charge in [0.25, 0.3) is 11.8 Å². The van der Waals surface area contributed by atoms with E-state index in [2.05, 4.69) is 0 Å². The van der Waals surface area contributed by atoms with Crippen molar-refractivity contribution in [1.82, 2.24) is 4.90 Å². The second-order valence-electron chi connectivity index (χ2n) is 8.04. The Morgan fingerprint density at radius 2 is 1.54 bits per heavy atom. The average molecular weight is 325 g/mol. The number of carboxylic acid groups (broad SMARTS) is 1. The molecule has 5 aliphatic rings. The highest BCUT2D eigenvalue weighted by Gasteiger charge is 2.65. The van der Waals surface area contributed by atoms with Crippen LogP contribution in [0.1, 0.15) is 52.8 Å². The average Bonchev–Trinajstić information content (AvgIpc) is 2.79. The predicted molar refractivity (Wildman–Crippen MR) is 84.4 cm³/mol. The second kappa shape index (κ2) is 4.47. The van der Waals surface area contributed by atoms with Gasteiger partial charge in [-0.15, -0.1) is 0 Å². The molecule has 5 heteroatoms. The molecule has 3 atom stereocenters. The number of nitrogens with zero attached hydrogens (tertiary/aromatic N) is 1. The molecule has 4 saturated carbocycles. The fraction of sp³-hybridized carbons (Fsp3) is 0.526. The third kappa shape index (κ3) is 1.57. The van der Waals surface area contributed by atoms with Crippen LogP contribution in [0.4, 0.5) is 0 Å². The van der Waals surface area contributed by atoms with Crippen molar-refractivity contribution in [3.05, 3.63) is 35.4 Å². The van der Waals surface area contributed by atoms with Gasteiger partial charge in [-0.3, -0.25) is 19.3 Å². The van der Waals surface area contributed by atoms with Crippen LogP contribution in [0.25, 0.3) is 0 Å². The Balaban J connectivity index is 1.63. The van der Waals surface area contributed by atoms with Gasteiger partial charge in [0.1, 0.15) is 0 Å². The Bertz CT molecular complexity index is 736. The zero-order chi connectivity index (χ0) is 16.6. The Morgan fingerprint density at radius 3 is 2.04 bits per heavy atom. The maximum absolute atomic E-state index is 12.9. The lowest BCUT2D eigenvalue weighted by molar-refractivity contribution is -0.175. The van der Waals surface area contributed by atoms with Crippen molar-refractivity contribution in [3.63, 3.8) is 0 Å². The number of benzene rings is 1. The van der Waals surface area contributed by atoms with Gasteiger partial charge >= 0.3 is 5.97 Å². The van der Waals surface area contributed by atoms with E-state index in [1.165, 1.54) is 4.90 Å². The highest BCUT2D eigenvalue weighted by atomic mass is 16.4. The molecule has 1 aromatic rings. The van der Waals surface area contributed by atoms with Crippen molar-refractivity contribution in [2.75, 3.05) is 0 Å². The van der Waals surface area contributed by atoms with Gasteiger partial charge in [-0.1, -0.05) is 12.1 Å². The normalized spacial score (nSPS) is 39.4. The largest absolute Gasteiger partial charge is 0.481 e. The predicted octanol–water partition coefficient (Wildman–Crippen LogP) is 2.56. The summed E-state index contributed by atoms with van der Waals surface area (Å²) >= 11 is 0. The molecule has 2 amide bonds. The monoisotopic (exact) mass is 325 g/mol. The summed E-state index contributed by atoms with van der Waals surface area (Å²) < 4.78 is 0. The molecule has 4 fully saturated rings. The number of carbonyl (C=O) groups is 3. The van der Waals surface area contributed by atoms with Crippen LogP contribution in [0.15, 0.2) is 24.3 Å². The molecule has 0 radical (unpaired) electrons. The minimum absolute atomic E-state index is 0.134. The van der Waals surface area contributed by atoms with Gasteiger partial charge in [-0.25, -0.2) is 0 Å². The van der Waals surface area contributed by atoms with Crippen molar-refractivity contribution >= 4 is 17.8 Å². The fourth-order valence-electron chi connectivity index (χ4n) is 6.23. The van der Waals surface area contributed by atoms with E-state index in [1.807, 2.05) is 0 Å². The summed E-state index contributed by atoms with van der Waals surface area (Å²) in [7, 11) is 0. The van der Waals surface area contributed by atoms with Gasteiger partial charge in [0.05, 0.1) is 22.6 Å². The van der Waals surface area contributed by atoms with E-state index in [4.69, 9.17) is 0 Å². The highest BCUT2D eigenvalue weighted by molar-refractivity contribution is 6.21. The van der Waals surface area contributed by atoms with Crippen molar-refractivity contribution in [1.29, 1.82) is 0 Å². The third-order valence-electron chi connectivity index (χ3n) is 6.79. The Morgan fingerprint density at radius 1 is 1.00 bits per heavy atom. The van der Waals surface area contributed by atoms with Crippen LogP contribution in [0.3, 0.4) is 0 Å². The molecule has 4 aliphatic carbocycles. The number of hydrogen-bond acceptors (Lipinski definition) is 3. The number of carbonyl (C=O) groups excluding carboxylic acids is 2. The summed E-state index contributed by atoms with van der Waals surface area (Å²) in [5, 5.41) is 10.0. The number of carboxylic acids is 1. The smallest absolute Gasteiger partial charge is 0.311 e. The van der Waals surface area contributed by atoms with Crippen LogP contribution in [0, 0.1) is 23.2 Å². The molecule has 4 bridgehead atoms. The van der Waals surface area contributed by atoms with E-state index in [-0.39, 0.29) is 17.7 Å². The van der Waals surface area contributed by atoms with Gasteiger partial charge in [0.15, 0.2) is 0 Å². The van der Waals surface area contributed by atoms with Crippen LogP contribution in [-0.2, 0) is 4.79 Å². The van der Waals surface area contributed by atoms with E-state index in [1.54, 1.807) is 24.3 Å². The Labute approximate surface area is 139 Å². The van der Waals surface area contributed by atoms with Gasteiger partial charge in [0.2, 0.25) is 0 Å². The number of fused-ring (bicyclic) bond motifs is 1. The summed E-state index contributed by atoms with van der Waals surface area (Å²) in [6.45, 7) is 0. The van der Waals surface area contributed by atoms with E-state index < -0.39 is 17.4 Å². The Hall–Kier alpha value is -2.17. The van der Waals surface area contributed by atoms with Crippen molar-refractivity contribution < 1.29 is 19.5 Å². The Kier molecular flexibility index (Phi) is 2.64. The highest BCUT2D eigenvalue weighted by Crippen LogP contribution is 2.62. The number of rotatable bonds is 2. The SMILES string of the molecule is O=C1c2ccccc2C(=O)N1C1C2CC3CC(C2)CC1(C(=O)O)C3. The minimum Gasteiger partial charge on any atom is -0.481 e. The van der Waals surface area contributed by atoms with Crippen LogP contribution in [0.5, 0.6) is 0 Å². The van der Waals surface area contributed by atoms with E-state index in [9.17, 15) is 19.5 Å². The van der Waals surface area contributed by atoms with Crippen LogP contribution in [-0.4, -0.2) is 33.8 Å². The molecule has 0 aromatic heterocycles. The molecule has 5 nitrogen and oxygen atoms in total. The lowest BCUT2D eigenvalue weighted by atomic mass is 9.47. The van der Waals surface area contributed by atoms with Gasteiger partial charge in [0, 0.05) is 0 Å². The first-order valence-electron chi connectivity index (χ1n) is 8.71. The number of amides is 2. The van der Waals surface area contributed by atoms with Crippen molar-refractivity contribution in [3.8, 4) is 0 Å². The summed E-state index contributed by atoms with van der Waals surface area (Å²) in [6.07, 6.45) is 4.22. The standard InChI is InChI=1S/C19H19NO4/c21-16-13-3-1-2-4-14(13)17(22)20(16)15-12-6-10-5-11(7-12)9-19(15,8-10)18(23)24/h1-4,10-12,15H,5-9H2,(H,23,24). The lowest BCUT2D eigenvalue weighted by Crippen LogP contribution is -2.66. The van der Waals surface area contributed by atoms with E-state index in [0.29, 0.717) is 35.8 Å². The fourth-order valence-corrected chi connectivity index (χ4v) is 6.23. The van der Waals surface area contributed by atoms with Crippen LogP contribution in [0.2, 0.25) is 0 Å². The summed E-state index contributed by atoms with van der Waals surface area (Å²) in [4.78, 5) is 39.4. The topological polar surface area (TPSA) is 74.7 Å². The molecule has 3 unspecified atom stereocenters. The molecule has 0 spiro atoms. The third-order valence-corrected chi connectivity index (χ3v) is 6.79. The molecule has 124 valence electrons. The minimum atomic E-state index is -0.942. The number of hydrogen-bond donors (Lipinski definition) is 1. The second-order valence-corrected chi connectivity index (χ2v) is 8.04. The van der Waals surface area contributed by atoms with Gasteiger partial charge in [-0.2, -0.15) is 0 Å². The first-order valence-corrected chi connectivity index (χ1v) is 8.71. The molecule has 1 N–H and O–H groups in total. The van der Waals surface area contributed by atoms with Crippen LogP contribution < -0.4 is 0 Å². The van der Waals surface area contributed by atoms with Crippen LogP contribution >= 0.6 is 0 Å². The first kappa shape index (κ1) is 14.2. The quantitative estimate of drug-likeness (QED) is 0.848. The zero-order valence-electron chi connectivity index (χ0n) is 13.3. The number of aliphatic carboxylic acids is 1. The molecule has 0 saturated heterocycles. The van der Waals surface area contributed by atoms with E-state index >= 15 is 0 Å². The van der Waals surface area contributed by atoms with E-state index in [0.717, 1.165) is 19.3 Å². The molecule has 1 heterocycles. The molecular formula is C19H19NO4. The molecule has 1 aliphatic heterocycles. The van der Waals surface area contributed by atoms with Gasteiger partial charge < -0.3 is 5.11 Å². The first-order chi connectivity index (χ1) is 11.5. The van der Waals surface area contributed by atoms with Crippen molar-refractivity contribution in [2.45, 2.75) is 38.1 Å². The zero-order valence-corrected chi connectivity index (χ0v) is 13.3. The van der Waals surface area contributed by atoms with Crippen molar-refractivity contribution in [2.24, 2.45) is 23.2 Å². The summed E-state index contributed by atoms with van der Waals surface area (Å²) in [5.41, 5.74) is -0.115. The molecule has 24 heavy (non-hydrogen) atoms. The summed E-state index contributed by atoms with van der Waals surface area (Å²) in [6, 6.07) is 6.34. The summed E-state index contributed by atoms with van der Waals surface area (Å²) in [5.74, 6) is -0.449.